The van der Waals surface area contributed by atoms with Gasteiger partial charge in [0.15, 0.2) is 5.96 Å². The first-order valence-corrected chi connectivity index (χ1v) is 5.79. The Hall–Kier alpha value is -2.21. The van der Waals surface area contributed by atoms with Gasteiger partial charge in [0.05, 0.1) is 12.6 Å². The maximum absolute atomic E-state index is 11.9. The molecule has 0 aliphatic carbocycles. The van der Waals surface area contributed by atoms with E-state index in [-0.39, 0.29) is 18.4 Å². The molecular weight excluding hydrogens is 280 g/mol. The van der Waals surface area contributed by atoms with Gasteiger partial charge < -0.3 is 20.8 Å². The molecule has 1 aromatic carbocycles. The van der Waals surface area contributed by atoms with Gasteiger partial charge in [-0.25, -0.2) is 0 Å². The highest BCUT2D eigenvalue weighted by Crippen LogP contribution is 2.28. The molecule has 2 rings (SSSR count). The van der Waals surface area contributed by atoms with E-state index in [4.69, 9.17) is 10.5 Å². The Morgan fingerprint density at radius 1 is 1.45 bits per heavy atom. The van der Waals surface area contributed by atoms with Gasteiger partial charge in [0.2, 0.25) is 0 Å². The molecule has 7 heteroatoms. The molecule has 0 aliphatic heterocycles. The molecule has 1 aromatic heterocycles. The summed E-state index contributed by atoms with van der Waals surface area (Å²) in [4.78, 5) is 18.7. The van der Waals surface area contributed by atoms with Gasteiger partial charge in [0.1, 0.15) is 11.4 Å². The summed E-state index contributed by atoms with van der Waals surface area (Å²) in [5, 5.41) is 3.53. The fraction of sp³-hybridized carbons (Fsp3) is 0.231. The maximum Gasteiger partial charge on any atom is 0.296 e. The molecular formula is C13H17ClN4O2. The van der Waals surface area contributed by atoms with Gasteiger partial charge in [-0.3, -0.25) is 4.79 Å². The maximum atomic E-state index is 11.9. The number of carbonyl (C=O) groups is 1. The number of guanidine groups is 1. The largest absolute Gasteiger partial charge is 0.495 e. The van der Waals surface area contributed by atoms with Crippen LogP contribution in [0.3, 0.4) is 0 Å². The second kappa shape index (κ2) is 6.29. The molecule has 0 atom stereocenters. The number of fused-ring (bicyclic) bond motifs is 1. The quantitative estimate of drug-likeness (QED) is 0.579. The summed E-state index contributed by atoms with van der Waals surface area (Å²) in [6, 6.07) is 5.55. The van der Waals surface area contributed by atoms with Crippen LogP contribution in [0.4, 0.5) is 0 Å². The number of halogens is 1. The van der Waals surface area contributed by atoms with Crippen LogP contribution in [-0.4, -0.2) is 31.0 Å². The van der Waals surface area contributed by atoms with Crippen molar-refractivity contribution in [2.24, 2.45) is 10.7 Å². The fourth-order valence-corrected chi connectivity index (χ4v) is 1.84. The topological polar surface area (TPSA) is 92.5 Å². The minimum Gasteiger partial charge on any atom is -0.495 e. The summed E-state index contributed by atoms with van der Waals surface area (Å²) >= 11 is 0. The first-order valence-electron chi connectivity index (χ1n) is 5.79. The third kappa shape index (κ3) is 2.85. The molecule has 108 valence electrons. The van der Waals surface area contributed by atoms with Gasteiger partial charge >= 0.3 is 0 Å². The van der Waals surface area contributed by atoms with Crippen molar-refractivity contribution in [2.45, 2.75) is 6.92 Å². The van der Waals surface area contributed by atoms with Crippen LogP contribution in [0.25, 0.3) is 10.9 Å². The monoisotopic (exact) mass is 296 g/mol. The highest BCUT2D eigenvalue weighted by atomic mass is 35.5. The molecule has 0 bridgehead atoms. The number of aromatic amines is 1. The van der Waals surface area contributed by atoms with Crippen molar-refractivity contribution in [2.75, 3.05) is 14.2 Å². The normalized spacial score (nSPS) is 11.1. The SMILES string of the molecule is CNC(N)=NC(=O)c1cc2c(C)ccc(OC)c2[nH]1.Cl. The van der Waals surface area contributed by atoms with Gasteiger partial charge in [0, 0.05) is 12.4 Å². The van der Waals surface area contributed by atoms with E-state index in [1.54, 1.807) is 20.2 Å². The number of methoxy groups -OCH3 is 1. The Morgan fingerprint density at radius 2 is 2.15 bits per heavy atom. The van der Waals surface area contributed by atoms with Crippen molar-refractivity contribution < 1.29 is 9.53 Å². The Morgan fingerprint density at radius 3 is 2.75 bits per heavy atom. The number of nitrogens with two attached hydrogens (primary N) is 1. The summed E-state index contributed by atoms with van der Waals surface area (Å²) in [5.74, 6) is 0.335. The Bertz CT molecular complexity index is 664. The van der Waals surface area contributed by atoms with Crippen molar-refractivity contribution >= 4 is 35.2 Å². The second-order valence-electron chi connectivity index (χ2n) is 4.11. The van der Waals surface area contributed by atoms with Gasteiger partial charge in [-0.1, -0.05) is 6.07 Å². The molecule has 1 amide bonds. The molecule has 6 nitrogen and oxygen atoms in total. The molecule has 0 fully saturated rings. The number of benzene rings is 1. The van der Waals surface area contributed by atoms with E-state index in [9.17, 15) is 4.79 Å². The number of ether oxygens (including phenoxy) is 1. The third-order valence-electron chi connectivity index (χ3n) is 2.90. The van der Waals surface area contributed by atoms with Gasteiger partial charge in [0.25, 0.3) is 5.91 Å². The average Bonchev–Trinajstić information content (AvgIpc) is 2.85. The first kappa shape index (κ1) is 15.8. The number of nitrogens with zero attached hydrogens (tertiary/aromatic N) is 1. The average molecular weight is 297 g/mol. The van der Waals surface area contributed by atoms with E-state index in [1.165, 1.54) is 0 Å². The summed E-state index contributed by atoms with van der Waals surface area (Å²) in [6.07, 6.45) is 0. The van der Waals surface area contributed by atoms with E-state index in [0.717, 1.165) is 16.5 Å². The molecule has 0 saturated heterocycles. The smallest absolute Gasteiger partial charge is 0.296 e. The number of hydrogen-bond donors (Lipinski definition) is 3. The predicted molar refractivity (Wildman–Crippen MR) is 81.8 cm³/mol. The third-order valence-corrected chi connectivity index (χ3v) is 2.90. The number of aliphatic imine (C=N–C) groups is 1. The lowest BCUT2D eigenvalue weighted by atomic mass is 10.1. The highest BCUT2D eigenvalue weighted by Gasteiger charge is 2.13. The van der Waals surface area contributed by atoms with Crippen LogP contribution >= 0.6 is 12.4 Å². The van der Waals surface area contributed by atoms with Crippen LogP contribution in [0.2, 0.25) is 0 Å². The molecule has 20 heavy (non-hydrogen) atoms. The van der Waals surface area contributed by atoms with E-state index in [2.05, 4.69) is 15.3 Å². The molecule has 1 heterocycles. The minimum atomic E-state index is -0.426. The van der Waals surface area contributed by atoms with Crippen molar-refractivity contribution in [3.63, 3.8) is 0 Å². The van der Waals surface area contributed by atoms with Gasteiger partial charge in [-0.15, -0.1) is 12.4 Å². The molecule has 0 unspecified atom stereocenters. The zero-order chi connectivity index (χ0) is 14.0. The summed E-state index contributed by atoms with van der Waals surface area (Å²) in [5.41, 5.74) is 7.68. The molecule has 0 radical (unpaired) electrons. The van der Waals surface area contributed by atoms with E-state index >= 15 is 0 Å². The van der Waals surface area contributed by atoms with Crippen LogP contribution in [0.5, 0.6) is 5.75 Å². The summed E-state index contributed by atoms with van der Waals surface area (Å²) < 4.78 is 5.26. The number of aryl methyl sites for hydroxylation is 1. The number of carbonyl (C=O) groups excluding carboxylic acids is 1. The number of H-pyrrole nitrogens is 1. The second-order valence-corrected chi connectivity index (χ2v) is 4.11. The van der Waals surface area contributed by atoms with Gasteiger partial charge in [-0.05, 0) is 24.6 Å². The van der Waals surface area contributed by atoms with Crippen molar-refractivity contribution in [1.29, 1.82) is 0 Å². The van der Waals surface area contributed by atoms with E-state index in [0.29, 0.717) is 11.4 Å². The zero-order valence-corrected chi connectivity index (χ0v) is 12.3. The van der Waals surface area contributed by atoms with Crippen LogP contribution in [0.1, 0.15) is 16.1 Å². The molecule has 0 aliphatic rings. The lowest BCUT2D eigenvalue weighted by molar-refractivity contribution is 0.0998. The lowest BCUT2D eigenvalue weighted by Gasteiger charge is -2.02. The first-order chi connectivity index (χ1) is 9.06. The van der Waals surface area contributed by atoms with Crippen LogP contribution in [0, 0.1) is 6.92 Å². The predicted octanol–water partition coefficient (Wildman–Crippen LogP) is 1.58. The number of nitrogens with one attached hydrogen (secondary N) is 2. The standard InChI is InChI=1S/C13H16N4O2.ClH/c1-7-4-5-10(19-3)11-8(7)6-9(16-11)12(18)17-13(14)15-2;/h4-6,16H,1-3H3,(H3,14,15,17,18);1H. The fourth-order valence-electron chi connectivity index (χ4n) is 1.84. The van der Waals surface area contributed by atoms with Gasteiger partial charge in [-0.2, -0.15) is 4.99 Å². The zero-order valence-electron chi connectivity index (χ0n) is 11.5. The van der Waals surface area contributed by atoms with Crippen LogP contribution < -0.4 is 15.8 Å². The molecule has 2 aromatic rings. The summed E-state index contributed by atoms with van der Waals surface area (Å²) in [7, 11) is 3.19. The molecule has 0 saturated carbocycles. The van der Waals surface area contributed by atoms with Crippen LogP contribution in [0.15, 0.2) is 23.2 Å². The van der Waals surface area contributed by atoms with Crippen LogP contribution in [-0.2, 0) is 0 Å². The Labute approximate surface area is 122 Å². The Kier molecular flexibility index (Phi) is 4.99. The van der Waals surface area contributed by atoms with E-state index < -0.39 is 5.91 Å². The van der Waals surface area contributed by atoms with Crippen molar-refractivity contribution in [3.05, 3.63) is 29.5 Å². The van der Waals surface area contributed by atoms with Crippen molar-refractivity contribution in [1.82, 2.24) is 10.3 Å². The number of hydrogen-bond acceptors (Lipinski definition) is 2. The molecule has 4 N–H and O–H groups in total. The number of rotatable bonds is 2. The highest BCUT2D eigenvalue weighted by molar-refractivity contribution is 6.05. The Balaban J connectivity index is 0.00000200. The molecule has 0 spiro atoms. The lowest BCUT2D eigenvalue weighted by Crippen LogP contribution is -2.28. The van der Waals surface area contributed by atoms with Crippen molar-refractivity contribution in [3.8, 4) is 5.75 Å². The number of aromatic nitrogens is 1. The van der Waals surface area contributed by atoms with E-state index in [1.807, 2.05) is 19.1 Å². The number of amides is 1. The minimum absolute atomic E-state index is 0. The summed E-state index contributed by atoms with van der Waals surface area (Å²) in [6.45, 7) is 1.97.